The third-order valence-corrected chi connectivity index (χ3v) is 9.57. The van der Waals surface area contributed by atoms with Crippen LogP contribution in [-0.4, -0.2) is 49.7 Å². The maximum absolute atomic E-state index is 13.7. The first-order valence-electron chi connectivity index (χ1n) is 12.2. The minimum atomic E-state index is -0.110. The molecule has 162 valence electrons. The second-order valence-electron chi connectivity index (χ2n) is 11.4. The zero-order chi connectivity index (χ0) is 20.6. The van der Waals surface area contributed by atoms with Crippen molar-refractivity contribution in [2.24, 2.45) is 28.6 Å². The third kappa shape index (κ3) is 2.33. The number of nitrogens with zero attached hydrogens (tertiary/aromatic N) is 1. The molecule has 1 heterocycles. The number of hydrogen-bond donors (Lipinski definition) is 1. The quantitative estimate of drug-likeness (QED) is 0.782. The van der Waals surface area contributed by atoms with Gasteiger partial charge in [-0.15, -0.1) is 0 Å². The fraction of sp³-hybridized carbons (Fsp3) is 0.731. The lowest BCUT2D eigenvalue weighted by molar-refractivity contribution is -0.259. The van der Waals surface area contributed by atoms with Gasteiger partial charge >= 0.3 is 0 Å². The van der Waals surface area contributed by atoms with Gasteiger partial charge in [0.15, 0.2) is 0 Å². The van der Waals surface area contributed by atoms with Gasteiger partial charge in [0.2, 0.25) is 5.91 Å². The number of hydrogen-bond acceptors (Lipinski definition) is 3. The molecule has 1 amide bonds. The molecule has 4 heteroatoms. The average molecular weight is 409 g/mol. The first-order chi connectivity index (χ1) is 14.5. The first-order valence-corrected chi connectivity index (χ1v) is 12.2. The van der Waals surface area contributed by atoms with Gasteiger partial charge in [-0.1, -0.05) is 44.2 Å². The fourth-order valence-corrected chi connectivity index (χ4v) is 8.94. The molecule has 1 saturated heterocycles. The number of carbonyl (C=O) groups is 1. The van der Waals surface area contributed by atoms with E-state index in [0.717, 1.165) is 50.9 Å². The summed E-state index contributed by atoms with van der Waals surface area (Å²) in [6, 6.07) is 11.1. The van der Waals surface area contributed by atoms with E-state index in [-0.39, 0.29) is 22.3 Å². The summed E-state index contributed by atoms with van der Waals surface area (Å²) in [6.45, 7) is 9.05. The van der Waals surface area contributed by atoms with E-state index in [9.17, 15) is 4.79 Å². The van der Waals surface area contributed by atoms with Crippen LogP contribution in [0.5, 0.6) is 0 Å². The van der Waals surface area contributed by atoms with Gasteiger partial charge in [0.25, 0.3) is 0 Å². The van der Waals surface area contributed by atoms with Crippen molar-refractivity contribution in [2.45, 2.75) is 57.5 Å². The molecule has 1 spiro atoms. The summed E-state index contributed by atoms with van der Waals surface area (Å²) in [5.74, 6) is 2.54. The molecule has 1 N–H and O–H groups in total. The highest BCUT2D eigenvalue weighted by molar-refractivity contribution is 5.88. The molecule has 1 aromatic carbocycles. The van der Waals surface area contributed by atoms with Crippen LogP contribution in [0.15, 0.2) is 30.3 Å². The number of morpholine rings is 1. The number of fused-ring (bicyclic) bond motifs is 1. The normalized spacial score (nSPS) is 43.8. The van der Waals surface area contributed by atoms with Crippen LogP contribution < -0.4 is 5.32 Å². The predicted octanol–water partition coefficient (Wildman–Crippen LogP) is 3.61. The molecule has 1 aromatic rings. The molecule has 0 radical (unpaired) electrons. The van der Waals surface area contributed by atoms with Crippen molar-refractivity contribution in [1.29, 1.82) is 0 Å². The molecule has 6 unspecified atom stereocenters. The SMILES string of the molecule is CC(C)CN1CCOC(CNC(=O)C23CC4CC5CC(c6ccccc6)(C2)C53C4)C1. The summed E-state index contributed by atoms with van der Waals surface area (Å²) in [7, 11) is 0. The standard InChI is InChI=1S/C26H36N2O2/c1-18(2)15-28-8-9-30-22(16-28)14-27-23(29)25-11-19-10-21-13-24(17-25,26(21,25)12-19)20-6-4-3-5-7-20/h3-7,18-19,21-22H,8-17H2,1-2H3,(H,27,29). The Labute approximate surface area is 180 Å². The lowest BCUT2D eigenvalue weighted by Crippen LogP contribution is -2.79. The Kier molecular flexibility index (Phi) is 4.22. The number of carbonyl (C=O) groups excluding carboxylic acids is 1. The maximum atomic E-state index is 13.7. The van der Waals surface area contributed by atoms with E-state index < -0.39 is 0 Å². The largest absolute Gasteiger partial charge is 0.374 e. The molecule has 5 fully saturated rings. The Bertz CT molecular complexity index is 841. The van der Waals surface area contributed by atoms with Crippen molar-refractivity contribution in [3.8, 4) is 0 Å². The molecule has 0 aromatic heterocycles. The Morgan fingerprint density at radius 1 is 1.23 bits per heavy atom. The molecule has 6 rings (SSSR count). The van der Waals surface area contributed by atoms with Gasteiger partial charge < -0.3 is 10.1 Å². The molecule has 2 bridgehead atoms. The van der Waals surface area contributed by atoms with Gasteiger partial charge in [-0.25, -0.2) is 0 Å². The molecule has 5 aliphatic rings. The van der Waals surface area contributed by atoms with E-state index in [2.05, 4.69) is 54.4 Å². The Hall–Kier alpha value is -1.39. The molecule has 4 saturated carbocycles. The van der Waals surface area contributed by atoms with Crippen molar-refractivity contribution < 1.29 is 9.53 Å². The van der Waals surface area contributed by atoms with Gasteiger partial charge in [0.1, 0.15) is 0 Å². The van der Waals surface area contributed by atoms with Crippen molar-refractivity contribution in [1.82, 2.24) is 10.2 Å². The molecule has 6 atom stereocenters. The summed E-state index contributed by atoms with van der Waals surface area (Å²) < 4.78 is 6.00. The van der Waals surface area contributed by atoms with E-state index in [1.165, 1.54) is 24.8 Å². The van der Waals surface area contributed by atoms with Gasteiger partial charge in [-0.05, 0) is 60.8 Å². The number of amides is 1. The van der Waals surface area contributed by atoms with E-state index in [0.29, 0.717) is 18.4 Å². The zero-order valence-electron chi connectivity index (χ0n) is 18.5. The van der Waals surface area contributed by atoms with E-state index in [1.807, 2.05) is 0 Å². The molecular formula is C26H36N2O2. The highest BCUT2D eigenvalue weighted by Gasteiger charge is 2.89. The van der Waals surface area contributed by atoms with E-state index >= 15 is 0 Å². The Morgan fingerprint density at radius 3 is 2.83 bits per heavy atom. The zero-order valence-corrected chi connectivity index (χ0v) is 18.5. The van der Waals surface area contributed by atoms with E-state index in [1.54, 1.807) is 0 Å². The summed E-state index contributed by atoms with van der Waals surface area (Å²) >= 11 is 0. The van der Waals surface area contributed by atoms with Crippen molar-refractivity contribution in [2.75, 3.05) is 32.8 Å². The van der Waals surface area contributed by atoms with Crippen LogP contribution in [0.1, 0.15) is 51.5 Å². The smallest absolute Gasteiger partial charge is 0.226 e. The minimum Gasteiger partial charge on any atom is -0.374 e. The molecule has 30 heavy (non-hydrogen) atoms. The number of rotatable bonds is 6. The van der Waals surface area contributed by atoms with Crippen LogP contribution in [0.25, 0.3) is 0 Å². The number of benzene rings is 1. The maximum Gasteiger partial charge on any atom is 0.226 e. The first kappa shape index (κ1) is 19.3. The van der Waals surface area contributed by atoms with Crippen molar-refractivity contribution in [3.05, 3.63) is 35.9 Å². The summed E-state index contributed by atoms with van der Waals surface area (Å²) in [5, 5.41) is 3.39. The lowest BCUT2D eigenvalue weighted by Gasteiger charge is -2.79. The predicted molar refractivity (Wildman–Crippen MR) is 117 cm³/mol. The highest BCUT2D eigenvalue weighted by Crippen LogP contribution is 2.91. The monoisotopic (exact) mass is 408 g/mol. The Morgan fingerprint density at radius 2 is 2.07 bits per heavy atom. The number of ether oxygens (including phenoxy) is 1. The fourth-order valence-electron chi connectivity index (χ4n) is 8.94. The summed E-state index contributed by atoms with van der Waals surface area (Å²) in [6.07, 6.45) is 6.26. The molecule has 1 aliphatic heterocycles. The molecule has 4 nitrogen and oxygen atoms in total. The lowest BCUT2D eigenvalue weighted by atomic mass is 9.23. The average Bonchev–Trinajstić information content (AvgIpc) is 3.22. The Balaban J connectivity index is 1.17. The summed E-state index contributed by atoms with van der Waals surface area (Å²) in [5.41, 5.74) is 1.90. The van der Waals surface area contributed by atoms with Gasteiger partial charge in [-0.2, -0.15) is 0 Å². The minimum absolute atomic E-state index is 0.110. The van der Waals surface area contributed by atoms with Crippen molar-refractivity contribution >= 4 is 5.91 Å². The van der Waals surface area contributed by atoms with Crippen LogP contribution in [0.4, 0.5) is 0 Å². The second-order valence-corrected chi connectivity index (χ2v) is 11.4. The van der Waals surface area contributed by atoms with Crippen LogP contribution >= 0.6 is 0 Å². The molecule has 4 aliphatic carbocycles. The second kappa shape index (κ2) is 6.56. The van der Waals surface area contributed by atoms with Crippen LogP contribution in [-0.2, 0) is 14.9 Å². The third-order valence-electron chi connectivity index (χ3n) is 9.57. The van der Waals surface area contributed by atoms with Crippen LogP contribution in [0.3, 0.4) is 0 Å². The number of nitrogens with one attached hydrogen (secondary N) is 1. The summed E-state index contributed by atoms with van der Waals surface area (Å²) in [4.78, 5) is 16.2. The van der Waals surface area contributed by atoms with Crippen LogP contribution in [0, 0.1) is 28.6 Å². The van der Waals surface area contributed by atoms with Gasteiger partial charge in [0.05, 0.1) is 18.1 Å². The van der Waals surface area contributed by atoms with E-state index in [4.69, 9.17) is 4.74 Å². The topological polar surface area (TPSA) is 41.6 Å². The van der Waals surface area contributed by atoms with Gasteiger partial charge in [-0.3, -0.25) is 9.69 Å². The van der Waals surface area contributed by atoms with Gasteiger partial charge in [0, 0.05) is 31.6 Å². The highest BCUT2D eigenvalue weighted by atomic mass is 16.5. The van der Waals surface area contributed by atoms with Crippen LogP contribution in [0.2, 0.25) is 0 Å². The van der Waals surface area contributed by atoms with Crippen molar-refractivity contribution in [3.63, 3.8) is 0 Å². The molecular weight excluding hydrogens is 372 g/mol.